The molecule has 6 nitrogen and oxygen atoms in total. The Kier molecular flexibility index (Phi) is 3.06. The van der Waals surface area contributed by atoms with Crippen LogP contribution in [0.1, 0.15) is 6.42 Å². The first-order valence-corrected chi connectivity index (χ1v) is 4.22. The van der Waals surface area contributed by atoms with Crippen molar-refractivity contribution in [2.24, 2.45) is 11.7 Å². The van der Waals surface area contributed by atoms with Crippen molar-refractivity contribution in [2.75, 3.05) is 20.2 Å². The van der Waals surface area contributed by atoms with Crippen LogP contribution >= 0.6 is 0 Å². The minimum absolute atomic E-state index is 0.212. The standard InChI is InChI=1S/C8H12N2O4/c1-14-8(13)7(12)10-3-2-5(4-10)6(9)11/h5H,2-4H2,1H3,(H2,9,11). The summed E-state index contributed by atoms with van der Waals surface area (Å²) in [5.41, 5.74) is 5.08. The Morgan fingerprint density at radius 3 is 2.50 bits per heavy atom. The van der Waals surface area contributed by atoms with E-state index in [0.717, 1.165) is 7.11 Å². The average molecular weight is 200 g/mol. The molecule has 0 aromatic rings. The molecule has 0 saturated carbocycles. The third-order valence-corrected chi connectivity index (χ3v) is 2.24. The van der Waals surface area contributed by atoms with Gasteiger partial charge in [-0.15, -0.1) is 0 Å². The van der Waals surface area contributed by atoms with Gasteiger partial charge < -0.3 is 15.4 Å². The minimum atomic E-state index is -0.907. The predicted molar refractivity (Wildman–Crippen MR) is 45.9 cm³/mol. The molecule has 14 heavy (non-hydrogen) atoms. The zero-order chi connectivity index (χ0) is 10.7. The Hall–Kier alpha value is -1.59. The largest absolute Gasteiger partial charge is 0.462 e. The van der Waals surface area contributed by atoms with Gasteiger partial charge in [-0.3, -0.25) is 9.59 Å². The number of methoxy groups -OCH3 is 1. The molecular formula is C8H12N2O4. The summed E-state index contributed by atoms with van der Waals surface area (Å²) in [6.45, 7) is 0.588. The van der Waals surface area contributed by atoms with Crippen LogP contribution < -0.4 is 5.73 Å². The van der Waals surface area contributed by atoms with Gasteiger partial charge in [0.05, 0.1) is 13.0 Å². The van der Waals surface area contributed by atoms with Crippen molar-refractivity contribution in [3.63, 3.8) is 0 Å². The fourth-order valence-corrected chi connectivity index (χ4v) is 1.39. The number of primary amides is 1. The second kappa shape index (κ2) is 4.08. The van der Waals surface area contributed by atoms with Crippen molar-refractivity contribution in [2.45, 2.75) is 6.42 Å². The zero-order valence-electron chi connectivity index (χ0n) is 7.86. The van der Waals surface area contributed by atoms with E-state index < -0.39 is 17.8 Å². The van der Waals surface area contributed by atoms with Gasteiger partial charge in [-0.05, 0) is 6.42 Å². The van der Waals surface area contributed by atoms with Gasteiger partial charge in [0.25, 0.3) is 0 Å². The molecule has 6 heteroatoms. The first-order chi connectivity index (χ1) is 6.56. The lowest BCUT2D eigenvalue weighted by Crippen LogP contribution is -2.36. The Balaban J connectivity index is 2.54. The van der Waals surface area contributed by atoms with E-state index in [-0.39, 0.29) is 12.5 Å². The monoisotopic (exact) mass is 200 g/mol. The summed E-state index contributed by atoms with van der Waals surface area (Å²) in [5.74, 6) is -2.40. The molecule has 1 rings (SSSR count). The van der Waals surface area contributed by atoms with Crippen molar-refractivity contribution >= 4 is 17.8 Å². The Labute approximate surface area is 81.0 Å². The number of carbonyl (C=O) groups is 3. The second-order valence-electron chi connectivity index (χ2n) is 3.13. The number of hydrogen-bond donors (Lipinski definition) is 1. The molecule has 2 N–H and O–H groups in total. The smallest absolute Gasteiger partial charge is 0.396 e. The number of rotatable bonds is 1. The summed E-state index contributed by atoms with van der Waals surface area (Å²) in [7, 11) is 1.14. The van der Waals surface area contributed by atoms with E-state index in [1.54, 1.807) is 0 Å². The topological polar surface area (TPSA) is 89.7 Å². The summed E-state index contributed by atoms with van der Waals surface area (Å²) in [4.78, 5) is 34.1. The van der Waals surface area contributed by atoms with Crippen LogP contribution in [0.4, 0.5) is 0 Å². The zero-order valence-corrected chi connectivity index (χ0v) is 7.86. The van der Waals surface area contributed by atoms with Crippen LogP contribution in [0.25, 0.3) is 0 Å². The number of nitrogens with two attached hydrogens (primary N) is 1. The highest BCUT2D eigenvalue weighted by Crippen LogP contribution is 2.15. The van der Waals surface area contributed by atoms with Gasteiger partial charge in [-0.1, -0.05) is 0 Å². The number of amides is 2. The van der Waals surface area contributed by atoms with E-state index in [9.17, 15) is 14.4 Å². The first kappa shape index (κ1) is 10.5. The number of carbonyl (C=O) groups excluding carboxylic acids is 3. The van der Waals surface area contributed by atoms with Crippen molar-refractivity contribution in [1.82, 2.24) is 4.90 Å². The molecule has 1 aliphatic heterocycles. The second-order valence-corrected chi connectivity index (χ2v) is 3.13. The van der Waals surface area contributed by atoms with Crippen molar-refractivity contribution in [1.29, 1.82) is 0 Å². The fraction of sp³-hybridized carbons (Fsp3) is 0.625. The fourth-order valence-electron chi connectivity index (χ4n) is 1.39. The SMILES string of the molecule is COC(=O)C(=O)N1CCC(C(N)=O)C1. The molecule has 0 radical (unpaired) electrons. The van der Waals surface area contributed by atoms with E-state index >= 15 is 0 Å². The molecule has 1 saturated heterocycles. The summed E-state index contributed by atoms with van der Waals surface area (Å²) >= 11 is 0. The van der Waals surface area contributed by atoms with E-state index in [2.05, 4.69) is 4.74 Å². The number of esters is 1. The van der Waals surface area contributed by atoms with Crippen molar-refractivity contribution < 1.29 is 19.1 Å². The lowest BCUT2D eigenvalue weighted by molar-refractivity contribution is -0.157. The molecule has 0 bridgehead atoms. The lowest BCUT2D eigenvalue weighted by Gasteiger charge is -2.13. The van der Waals surface area contributed by atoms with Crippen LogP contribution in [-0.4, -0.2) is 42.9 Å². The lowest BCUT2D eigenvalue weighted by atomic mass is 10.1. The van der Waals surface area contributed by atoms with Gasteiger partial charge in [0.15, 0.2) is 0 Å². The Morgan fingerprint density at radius 1 is 1.43 bits per heavy atom. The summed E-state index contributed by atoms with van der Waals surface area (Å²) in [6.07, 6.45) is 0.512. The summed E-state index contributed by atoms with van der Waals surface area (Å²) < 4.78 is 4.27. The maximum atomic E-state index is 11.2. The third-order valence-electron chi connectivity index (χ3n) is 2.24. The molecular weight excluding hydrogens is 188 g/mol. The summed E-state index contributed by atoms with van der Waals surface area (Å²) in [6, 6.07) is 0. The number of ether oxygens (including phenoxy) is 1. The molecule has 0 aromatic heterocycles. The van der Waals surface area contributed by atoms with E-state index in [0.29, 0.717) is 13.0 Å². The minimum Gasteiger partial charge on any atom is -0.462 e. The highest BCUT2D eigenvalue weighted by Gasteiger charge is 2.32. The quantitative estimate of drug-likeness (QED) is 0.411. The van der Waals surface area contributed by atoms with Crippen LogP contribution in [0.5, 0.6) is 0 Å². The van der Waals surface area contributed by atoms with E-state index in [1.807, 2.05) is 0 Å². The van der Waals surface area contributed by atoms with Crippen LogP contribution in [-0.2, 0) is 19.1 Å². The Morgan fingerprint density at radius 2 is 2.07 bits per heavy atom. The highest BCUT2D eigenvalue weighted by atomic mass is 16.5. The summed E-state index contributed by atoms with van der Waals surface area (Å²) in [5, 5.41) is 0. The van der Waals surface area contributed by atoms with Gasteiger partial charge in [-0.2, -0.15) is 0 Å². The molecule has 78 valence electrons. The number of nitrogens with zero attached hydrogens (tertiary/aromatic N) is 1. The molecule has 1 fully saturated rings. The highest BCUT2D eigenvalue weighted by molar-refractivity contribution is 6.32. The Bertz CT molecular complexity index is 277. The molecule has 0 aliphatic carbocycles. The van der Waals surface area contributed by atoms with Gasteiger partial charge >= 0.3 is 11.9 Å². The molecule has 1 atom stereocenters. The van der Waals surface area contributed by atoms with Gasteiger partial charge in [0, 0.05) is 13.1 Å². The first-order valence-electron chi connectivity index (χ1n) is 4.22. The van der Waals surface area contributed by atoms with Gasteiger partial charge in [-0.25, -0.2) is 4.79 Å². The van der Waals surface area contributed by atoms with Crippen molar-refractivity contribution in [3.8, 4) is 0 Å². The normalized spacial score (nSPS) is 20.6. The van der Waals surface area contributed by atoms with Crippen molar-refractivity contribution in [3.05, 3.63) is 0 Å². The molecule has 1 unspecified atom stereocenters. The molecule has 1 aliphatic rings. The average Bonchev–Trinajstić information content (AvgIpc) is 2.64. The van der Waals surface area contributed by atoms with Crippen LogP contribution in [0.15, 0.2) is 0 Å². The van der Waals surface area contributed by atoms with Crippen LogP contribution in [0.2, 0.25) is 0 Å². The third kappa shape index (κ3) is 2.01. The predicted octanol–water partition coefficient (Wildman–Crippen LogP) is -1.51. The van der Waals surface area contributed by atoms with E-state index in [1.165, 1.54) is 4.90 Å². The number of likely N-dealkylation sites (tertiary alicyclic amines) is 1. The van der Waals surface area contributed by atoms with E-state index in [4.69, 9.17) is 5.73 Å². The molecule has 0 aromatic carbocycles. The van der Waals surface area contributed by atoms with Crippen LogP contribution in [0, 0.1) is 5.92 Å². The van der Waals surface area contributed by atoms with Gasteiger partial charge in [0.1, 0.15) is 0 Å². The molecule has 2 amide bonds. The maximum absolute atomic E-state index is 11.2. The molecule has 1 heterocycles. The maximum Gasteiger partial charge on any atom is 0.396 e. The van der Waals surface area contributed by atoms with Crippen LogP contribution in [0.3, 0.4) is 0 Å². The van der Waals surface area contributed by atoms with Gasteiger partial charge in [0.2, 0.25) is 5.91 Å². The molecule has 0 spiro atoms. The number of hydrogen-bond acceptors (Lipinski definition) is 4.